The number of nitrogens with one attached hydrogen (secondary N) is 1. The summed E-state index contributed by atoms with van der Waals surface area (Å²) in [6, 6.07) is 5.83. The molecule has 1 aromatic carbocycles. The summed E-state index contributed by atoms with van der Waals surface area (Å²) >= 11 is 4.88. The molecule has 0 bridgehead atoms. The number of nitrogens with two attached hydrogens (primary N) is 1. The smallest absolute Gasteiger partial charge is 0.263 e. The third kappa shape index (κ3) is 3.96. The summed E-state index contributed by atoms with van der Waals surface area (Å²) in [6.45, 7) is 3.88. The van der Waals surface area contributed by atoms with Gasteiger partial charge in [0.1, 0.15) is 4.88 Å². The van der Waals surface area contributed by atoms with Crippen LogP contribution in [0, 0.1) is 0 Å². The average Bonchev–Trinajstić information content (AvgIpc) is 2.81. The van der Waals surface area contributed by atoms with Crippen LogP contribution >= 0.6 is 27.3 Å². The van der Waals surface area contributed by atoms with Gasteiger partial charge in [-0.1, -0.05) is 35.3 Å². The van der Waals surface area contributed by atoms with Gasteiger partial charge in [0.25, 0.3) is 5.91 Å². The van der Waals surface area contributed by atoms with Crippen molar-refractivity contribution in [3.05, 3.63) is 27.5 Å². The number of anilines is 1. The molecule has 0 saturated heterocycles. The van der Waals surface area contributed by atoms with Crippen LogP contribution in [0.4, 0.5) is 5.69 Å². The van der Waals surface area contributed by atoms with Gasteiger partial charge in [0.15, 0.2) is 0 Å². The number of fused-ring (bicyclic) bond motifs is 1. The number of benzene rings is 1. The fourth-order valence-corrected chi connectivity index (χ4v) is 3.74. The lowest BCUT2D eigenvalue weighted by Crippen LogP contribution is -2.27. The SMILES string of the molecule is CCCCOCCNC(=O)c1sc2cccc(Br)c2c1N. The van der Waals surface area contributed by atoms with E-state index in [1.807, 2.05) is 18.2 Å². The first kappa shape index (κ1) is 16.3. The number of nitrogen functional groups attached to an aromatic ring is 1. The second-order valence-corrected chi connectivity index (χ2v) is 6.59. The van der Waals surface area contributed by atoms with Crippen LogP contribution in [0.15, 0.2) is 22.7 Å². The van der Waals surface area contributed by atoms with E-state index in [1.165, 1.54) is 11.3 Å². The third-order valence-corrected chi connectivity index (χ3v) is 4.91. The quantitative estimate of drug-likeness (QED) is 0.728. The third-order valence-electron chi connectivity index (χ3n) is 3.08. The summed E-state index contributed by atoms with van der Waals surface area (Å²) in [5.41, 5.74) is 6.63. The standard InChI is InChI=1S/C15H19BrN2O2S/c1-2-3-8-20-9-7-18-15(19)14-13(17)12-10(16)5-4-6-11(12)21-14/h4-6H,2-3,7-9,17H2,1H3,(H,18,19). The van der Waals surface area contributed by atoms with E-state index in [0.717, 1.165) is 34.0 Å². The summed E-state index contributed by atoms with van der Waals surface area (Å²) in [6.07, 6.45) is 2.16. The molecule has 0 aliphatic heterocycles. The van der Waals surface area contributed by atoms with Crippen LogP contribution in [0.25, 0.3) is 10.1 Å². The zero-order valence-electron chi connectivity index (χ0n) is 11.9. The Bertz CT molecular complexity index is 627. The van der Waals surface area contributed by atoms with Crippen LogP contribution in [-0.2, 0) is 4.74 Å². The van der Waals surface area contributed by atoms with E-state index < -0.39 is 0 Å². The summed E-state index contributed by atoms with van der Waals surface area (Å²) in [4.78, 5) is 12.7. The van der Waals surface area contributed by atoms with Gasteiger partial charge in [-0.15, -0.1) is 11.3 Å². The minimum absolute atomic E-state index is 0.139. The van der Waals surface area contributed by atoms with Gasteiger partial charge < -0.3 is 15.8 Å². The highest BCUT2D eigenvalue weighted by Crippen LogP contribution is 2.37. The molecule has 0 fully saturated rings. The fraction of sp³-hybridized carbons (Fsp3) is 0.400. The van der Waals surface area contributed by atoms with Gasteiger partial charge in [0.2, 0.25) is 0 Å². The van der Waals surface area contributed by atoms with E-state index in [0.29, 0.717) is 23.7 Å². The predicted octanol–water partition coefficient (Wildman–Crippen LogP) is 3.79. The van der Waals surface area contributed by atoms with Gasteiger partial charge in [-0.05, 0) is 18.6 Å². The molecule has 6 heteroatoms. The molecule has 1 heterocycles. The predicted molar refractivity (Wildman–Crippen MR) is 92.0 cm³/mol. The number of unbranched alkanes of at least 4 members (excludes halogenated alkanes) is 1. The first-order chi connectivity index (χ1) is 10.1. The van der Waals surface area contributed by atoms with Crippen molar-refractivity contribution in [2.45, 2.75) is 19.8 Å². The highest BCUT2D eigenvalue weighted by molar-refractivity contribution is 9.10. The minimum Gasteiger partial charge on any atom is -0.397 e. The maximum absolute atomic E-state index is 12.2. The van der Waals surface area contributed by atoms with Crippen molar-refractivity contribution in [2.75, 3.05) is 25.5 Å². The van der Waals surface area contributed by atoms with Crippen molar-refractivity contribution in [2.24, 2.45) is 0 Å². The Labute approximate surface area is 136 Å². The number of carbonyl (C=O) groups is 1. The van der Waals surface area contributed by atoms with Crippen LogP contribution in [0.3, 0.4) is 0 Å². The first-order valence-corrected chi connectivity index (χ1v) is 8.58. The Balaban J connectivity index is 1.97. The molecule has 114 valence electrons. The maximum atomic E-state index is 12.2. The Kier molecular flexibility index (Phi) is 6.02. The molecule has 0 aliphatic carbocycles. The number of hydrogen-bond donors (Lipinski definition) is 2. The van der Waals surface area contributed by atoms with Crippen LogP contribution in [-0.4, -0.2) is 25.7 Å². The summed E-state index contributed by atoms with van der Waals surface area (Å²) in [7, 11) is 0. The Morgan fingerprint density at radius 3 is 2.95 bits per heavy atom. The molecule has 21 heavy (non-hydrogen) atoms. The van der Waals surface area contributed by atoms with Crippen LogP contribution < -0.4 is 11.1 Å². The lowest BCUT2D eigenvalue weighted by Gasteiger charge is -2.05. The van der Waals surface area contributed by atoms with Crippen molar-refractivity contribution in [1.29, 1.82) is 0 Å². The number of carbonyl (C=O) groups excluding carboxylic acids is 1. The number of thiophene rings is 1. The monoisotopic (exact) mass is 370 g/mol. The second kappa shape index (κ2) is 7.77. The lowest BCUT2D eigenvalue weighted by atomic mass is 10.2. The molecule has 4 nitrogen and oxygen atoms in total. The molecule has 0 atom stereocenters. The van der Waals surface area contributed by atoms with Crippen molar-refractivity contribution in [3.8, 4) is 0 Å². The second-order valence-electron chi connectivity index (χ2n) is 4.68. The normalized spacial score (nSPS) is 11.0. The highest BCUT2D eigenvalue weighted by atomic mass is 79.9. The van der Waals surface area contributed by atoms with Gasteiger partial charge >= 0.3 is 0 Å². The van der Waals surface area contributed by atoms with Gasteiger partial charge in [-0.2, -0.15) is 0 Å². The zero-order valence-corrected chi connectivity index (χ0v) is 14.4. The maximum Gasteiger partial charge on any atom is 0.263 e. The zero-order chi connectivity index (χ0) is 15.2. The highest BCUT2D eigenvalue weighted by Gasteiger charge is 2.17. The molecule has 1 aromatic heterocycles. The fourth-order valence-electron chi connectivity index (χ4n) is 1.96. The number of ether oxygens (including phenoxy) is 1. The first-order valence-electron chi connectivity index (χ1n) is 6.97. The lowest BCUT2D eigenvalue weighted by molar-refractivity contribution is 0.0917. The van der Waals surface area contributed by atoms with Crippen molar-refractivity contribution in [1.82, 2.24) is 5.32 Å². The van der Waals surface area contributed by atoms with E-state index >= 15 is 0 Å². The summed E-state index contributed by atoms with van der Waals surface area (Å²) in [5, 5.41) is 3.76. The number of halogens is 1. The molecule has 0 radical (unpaired) electrons. The van der Waals surface area contributed by atoms with Crippen LogP contribution in [0.5, 0.6) is 0 Å². The average molecular weight is 371 g/mol. The largest absolute Gasteiger partial charge is 0.397 e. The summed E-state index contributed by atoms with van der Waals surface area (Å²) < 4.78 is 7.34. The van der Waals surface area contributed by atoms with Gasteiger partial charge in [0, 0.05) is 27.7 Å². The van der Waals surface area contributed by atoms with E-state index in [-0.39, 0.29) is 5.91 Å². The van der Waals surface area contributed by atoms with E-state index in [9.17, 15) is 4.79 Å². The number of rotatable bonds is 7. The van der Waals surface area contributed by atoms with Crippen molar-refractivity contribution < 1.29 is 9.53 Å². The molecule has 0 spiro atoms. The molecular formula is C15H19BrN2O2S. The van der Waals surface area contributed by atoms with E-state index in [2.05, 4.69) is 28.2 Å². The molecule has 2 rings (SSSR count). The molecule has 2 aromatic rings. The van der Waals surface area contributed by atoms with E-state index in [1.54, 1.807) is 0 Å². The number of amides is 1. The Hall–Kier alpha value is -1.11. The van der Waals surface area contributed by atoms with E-state index in [4.69, 9.17) is 10.5 Å². The molecule has 3 N–H and O–H groups in total. The van der Waals surface area contributed by atoms with Crippen molar-refractivity contribution >= 4 is 48.9 Å². The van der Waals surface area contributed by atoms with Crippen molar-refractivity contribution in [3.63, 3.8) is 0 Å². The van der Waals surface area contributed by atoms with Gasteiger partial charge in [0.05, 0.1) is 12.3 Å². The number of hydrogen-bond acceptors (Lipinski definition) is 4. The molecular weight excluding hydrogens is 352 g/mol. The Morgan fingerprint density at radius 2 is 2.24 bits per heavy atom. The molecule has 1 amide bonds. The van der Waals surface area contributed by atoms with Gasteiger partial charge in [-0.3, -0.25) is 4.79 Å². The molecule has 0 saturated carbocycles. The van der Waals surface area contributed by atoms with Crippen LogP contribution in [0.1, 0.15) is 29.4 Å². The van der Waals surface area contributed by atoms with Gasteiger partial charge in [-0.25, -0.2) is 0 Å². The summed E-state index contributed by atoms with van der Waals surface area (Å²) in [5.74, 6) is -0.139. The van der Waals surface area contributed by atoms with Crippen LogP contribution in [0.2, 0.25) is 0 Å². The Morgan fingerprint density at radius 1 is 1.43 bits per heavy atom. The molecule has 0 aliphatic rings. The minimum atomic E-state index is -0.139. The topological polar surface area (TPSA) is 64.3 Å². The molecule has 0 unspecified atom stereocenters.